The molecule has 0 amide bonds. The van der Waals surface area contributed by atoms with Crippen molar-refractivity contribution < 1.29 is 5.11 Å². The molecule has 5 aromatic carbocycles. The molecular formula is C51H50N4OS. The predicted molar refractivity (Wildman–Crippen MR) is 241 cm³/mol. The average molecular weight is 767 g/mol. The number of hydrogen-bond donors (Lipinski definition) is 1. The van der Waals surface area contributed by atoms with Gasteiger partial charge in [-0.05, 0) is 81.5 Å². The van der Waals surface area contributed by atoms with Crippen LogP contribution in [0.5, 0.6) is 5.75 Å². The number of fused-ring (bicyclic) bond motifs is 3. The molecule has 0 fully saturated rings. The first-order valence-electron chi connectivity index (χ1n) is 19.7. The lowest BCUT2D eigenvalue weighted by Crippen LogP contribution is -2.17. The molecule has 0 radical (unpaired) electrons. The fourth-order valence-electron chi connectivity index (χ4n) is 7.44. The Bertz CT molecular complexity index is 2750. The number of phenols is 1. The Morgan fingerprint density at radius 1 is 0.579 bits per heavy atom. The maximum Gasteiger partial charge on any atom is 0.164 e. The number of pyridine rings is 1. The summed E-state index contributed by atoms with van der Waals surface area (Å²) in [6.07, 6.45) is 1.85. The van der Waals surface area contributed by atoms with E-state index < -0.39 is 0 Å². The number of benzene rings is 5. The Morgan fingerprint density at radius 3 is 1.95 bits per heavy atom. The highest BCUT2D eigenvalue weighted by Gasteiger charge is 2.29. The Kier molecular flexibility index (Phi) is 9.52. The Hall–Kier alpha value is -5.85. The molecule has 286 valence electrons. The Balaban J connectivity index is 1.45. The van der Waals surface area contributed by atoms with Crippen molar-refractivity contribution in [1.82, 2.24) is 15.0 Å². The smallest absolute Gasteiger partial charge is 0.164 e. The van der Waals surface area contributed by atoms with Gasteiger partial charge < -0.3 is 5.11 Å². The Labute approximate surface area is 340 Å². The molecule has 0 bridgehead atoms. The first kappa shape index (κ1) is 38.0. The predicted octanol–water partition coefficient (Wildman–Crippen LogP) is 14.3. The molecule has 8 aromatic rings. The summed E-state index contributed by atoms with van der Waals surface area (Å²) in [5.41, 5.74) is 10.1. The van der Waals surface area contributed by atoms with Crippen LogP contribution >= 0.6 is 11.3 Å². The molecular weight excluding hydrogens is 717 g/mol. The summed E-state index contributed by atoms with van der Waals surface area (Å²) in [5, 5.41) is 13.2. The van der Waals surface area contributed by atoms with Gasteiger partial charge in [-0.1, -0.05) is 141 Å². The first-order valence-corrected chi connectivity index (χ1v) is 20.5. The third-order valence-electron chi connectivity index (χ3n) is 10.7. The van der Waals surface area contributed by atoms with Crippen molar-refractivity contribution in [2.24, 2.45) is 0 Å². The van der Waals surface area contributed by atoms with Crippen molar-refractivity contribution in [1.29, 1.82) is 0 Å². The molecule has 0 aliphatic rings. The number of thiophene rings is 1. The van der Waals surface area contributed by atoms with Crippen LogP contribution in [0.2, 0.25) is 0 Å². The number of rotatable bonds is 6. The number of para-hydroxylation sites is 1. The van der Waals surface area contributed by atoms with Gasteiger partial charge in [-0.25, -0.2) is 15.0 Å². The van der Waals surface area contributed by atoms with Gasteiger partial charge in [0.05, 0.1) is 27.2 Å². The van der Waals surface area contributed by atoms with Crippen LogP contribution in [0.3, 0.4) is 0 Å². The summed E-state index contributed by atoms with van der Waals surface area (Å²) in [5.74, 6) is 1.55. The van der Waals surface area contributed by atoms with Crippen molar-refractivity contribution in [3.63, 3.8) is 0 Å². The molecule has 8 rings (SSSR count). The van der Waals surface area contributed by atoms with Crippen LogP contribution in [-0.2, 0) is 16.2 Å². The number of hydrogen-bond acceptors (Lipinski definition) is 6. The van der Waals surface area contributed by atoms with Gasteiger partial charge in [0.25, 0.3) is 0 Å². The van der Waals surface area contributed by atoms with Gasteiger partial charge in [0, 0.05) is 38.7 Å². The second kappa shape index (κ2) is 14.3. The molecule has 3 aromatic heterocycles. The molecule has 0 aliphatic carbocycles. The van der Waals surface area contributed by atoms with E-state index in [1.165, 1.54) is 0 Å². The van der Waals surface area contributed by atoms with E-state index >= 15 is 0 Å². The van der Waals surface area contributed by atoms with Gasteiger partial charge >= 0.3 is 0 Å². The number of aromatic nitrogens is 3. The van der Waals surface area contributed by atoms with E-state index in [2.05, 4.69) is 182 Å². The van der Waals surface area contributed by atoms with Gasteiger partial charge in [0.15, 0.2) is 5.82 Å². The third-order valence-corrected chi connectivity index (χ3v) is 11.8. The van der Waals surface area contributed by atoms with E-state index in [0.29, 0.717) is 11.4 Å². The molecule has 0 atom stereocenters. The van der Waals surface area contributed by atoms with E-state index in [9.17, 15) is 5.11 Å². The molecule has 0 spiro atoms. The summed E-state index contributed by atoms with van der Waals surface area (Å²) in [4.78, 5) is 18.0. The van der Waals surface area contributed by atoms with Crippen molar-refractivity contribution in [3.8, 4) is 39.5 Å². The maximum absolute atomic E-state index is 12.1. The van der Waals surface area contributed by atoms with Crippen LogP contribution in [0, 0.1) is 0 Å². The highest BCUT2D eigenvalue weighted by Crippen LogP contribution is 2.47. The minimum Gasteiger partial charge on any atom is -0.507 e. The third kappa shape index (κ3) is 7.31. The normalized spacial score (nSPS) is 12.4. The summed E-state index contributed by atoms with van der Waals surface area (Å²) >= 11 is 1.71. The van der Waals surface area contributed by atoms with E-state index in [-0.39, 0.29) is 22.0 Å². The van der Waals surface area contributed by atoms with E-state index in [1.807, 2.05) is 18.3 Å². The van der Waals surface area contributed by atoms with Gasteiger partial charge in [0.1, 0.15) is 11.6 Å². The van der Waals surface area contributed by atoms with Crippen molar-refractivity contribution >= 4 is 48.8 Å². The van der Waals surface area contributed by atoms with Crippen LogP contribution in [0.25, 0.3) is 54.1 Å². The first-order chi connectivity index (χ1) is 27.1. The number of anilines is 3. The van der Waals surface area contributed by atoms with Crippen LogP contribution in [0.4, 0.5) is 17.2 Å². The zero-order valence-corrected chi connectivity index (χ0v) is 35.2. The van der Waals surface area contributed by atoms with Crippen molar-refractivity contribution in [2.45, 2.75) is 78.6 Å². The molecule has 5 nitrogen and oxygen atoms in total. The quantitative estimate of drug-likeness (QED) is 0.183. The van der Waals surface area contributed by atoms with Crippen molar-refractivity contribution in [2.75, 3.05) is 4.90 Å². The zero-order valence-electron chi connectivity index (χ0n) is 34.3. The van der Waals surface area contributed by atoms with E-state index in [4.69, 9.17) is 15.0 Å². The van der Waals surface area contributed by atoms with E-state index in [0.717, 1.165) is 76.6 Å². The van der Waals surface area contributed by atoms with Gasteiger partial charge in [0.2, 0.25) is 0 Å². The molecule has 3 heterocycles. The maximum atomic E-state index is 12.1. The van der Waals surface area contributed by atoms with Crippen LogP contribution in [-0.4, -0.2) is 20.1 Å². The lowest BCUT2D eigenvalue weighted by Gasteiger charge is -2.29. The molecule has 1 N–H and O–H groups in total. The molecule has 0 saturated heterocycles. The second-order valence-corrected chi connectivity index (χ2v) is 19.1. The average Bonchev–Trinajstić information content (AvgIpc) is 3.56. The number of nitrogens with zero attached hydrogens (tertiary/aromatic N) is 4. The highest BCUT2D eigenvalue weighted by atomic mass is 32.1. The lowest BCUT2D eigenvalue weighted by atomic mass is 9.79. The van der Waals surface area contributed by atoms with Gasteiger partial charge in [-0.15, -0.1) is 11.3 Å². The largest absolute Gasteiger partial charge is 0.507 e. The SMILES string of the molecule is CC(C)(C)c1cc(-c2nc(-c3cc(C(C)(C)C)cc(C(C)(C)C)c3O)nc3c2sc2ccccc23)cc(N(c2ccccn2)c2ccccc2-c2ccccc2)c1. The molecule has 6 heteroatoms. The fraction of sp³-hybridized carbons (Fsp3) is 0.235. The van der Waals surface area contributed by atoms with Crippen molar-refractivity contribution in [3.05, 3.63) is 150 Å². The topological polar surface area (TPSA) is 62.1 Å². The van der Waals surface area contributed by atoms with Gasteiger partial charge in [-0.2, -0.15) is 0 Å². The molecule has 0 unspecified atom stereocenters. The minimum absolute atomic E-state index is 0.161. The minimum atomic E-state index is -0.303. The summed E-state index contributed by atoms with van der Waals surface area (Å²) < 4.78 is 2.15. The number of phenolic OH excluding ortho intramolecular Hbond substituents is 1. The summed E-state index contributed by atoms with van der Waals surface area (Å²) in [7, 11) is 0. The van der Waals surface area contributed by atoms with Crippen LogP contribution < -0.4 is 4.90 Å². The fourth-order valence-corrected chi connectivity index (χ4v) is 8.59. The zero-order chi connectivity index (χ0) is 40.3. The standard InChI is InChI=1S/C51H50N4OS/c1-49(2,3)34-27-33(28-36(29-34)55(43-25-17-18-26-52-43)41-23-15-13-21-37(41)32-19-11-10-12-20-32)44-47-45(38-22-14-16-24-42(38)57-47)54-48(53-44)39-30-35(50(4,5)6)31-40(46(39)56)51(7,8)9/h10-31,56H,1-9H3. The molecule has 0 aliphatic heterocycles. The van der Waals surface area contributed by atoms with Crippen LogP contribution in [0.15, 0.2) is 134 Å². The van der Waals surface area contributed by atoms with E-state index in [1.54, 1.807) is 11.3 Å². The highest BCUT2D eigenvalue weighted by molar-refractivity contribution is 7.26. The Morgan fingerprint density at radius 2 is 1.25 bits per heavy atom. The monoisotopic (exact) mass is 766 g/mol. The lowest BCUT2D eigenvalue weighted by molar-refractivity contribution is 0.446. The van der Waals surface area contributed by atoms with Crippen LogP contribution in [0.1, 0.15) is 79.0 Å². The summed E-state index contributed by atoms with van der Waals surface area (Å²) in [6, 6.07) is 44.6. The summed E-state index contributed by atoms with van der Waals surface area (Å²) in [6.45, 7) is 19.8. The number of aromatic hydroxyl groups is 1. The second-order valence-electron chi connectivity index (χ2n) is 18.0. The van der Waals surface area contributed by atoms with Gasteiger partial charge in [-0.3, -0.25) is 4.90 Å². The molecule has 0 saturated carbocycles. The molecule has 57 heavy (non-hydrogen) atoms.